The molecular weight excluding hydrogens is 356 g/mol. The molecule has 0 saturated carbocycles. The van der Waals surface area contributed by atoms with Crippen molar-refractivity contribution < 1.29 is 14.0 Å². The Bertz CT molecular complexity index is 754. The average Bonchev–Trinajstić information content (AvgIpc) is 2.80. The minimum absolute atomic E-state index is 0.0655. The Balaban J connectivity index is 2.32. The fourth-order valence-corrected chi connectivity index (χ4v) is 4.29. The van der Waals surface area contributed by atoms with E-state index in [0.717, 1.165) is 11.1 Å². The van der Waals surface area contributed by atoms with Gasteiger partial charge in [-0.25, -0.2) is 4.79 Å². The smallest absolute Gasteiger partial charge is 0.408 e. The monoisotopic (exact) mass is 388 g/mol. The molecule has 0 spiro atoms. The zero-order valence-electron chi connectivity index (χ0n) is 17.8. The number of nitrogens with one attached hydrogen (secondary N) is 1. The van der Waals surface area contributed by atoms with E-state index >= 15 is 0 Å². The number of benzene rings is 1. The Morgan fingerprint density at radius 1 is 1.22 bits per heavy atom. The van der Waals surface area contributed by atoms with Gasteiger partial charge >= 0.3 is 6.09 Å². The highest BCUT2D eigenvalue weighted by molar-refractivity contribution is 6.74. The molecular formula is C21H32N2O3Si. The first-order valence-corrected chi connectivity index (χ1v) is 12.3. The molecule has 0 aromatic heterocycles. The van der Waals surface area contributed by atoms with Crippen LogP contribution in [0.1, 0.15) is 64.3 Å². The van der Waals surface area contributed by atoms with E-state index in [2.05, 4.69) is 45.3 Å². The van der Waals surface area contributed by atoms with Crippen LogP contribution in [0.4, 0.5) is 4.79 Å². The third kappa shape index (κ3) is 5.11. The first kappa shape index (κ1) is 21.5. The Labute approximate surface area is 164 Å². The summed E-state index contributed by atoms with van der Waals surface area (Å²) < 4.78 is 12.1. The van der Waals surface area contributed by atoms with Crippen LogP contribution in [0.5, 0.6) is 0 Å². The number of alkyl carbamates (subject to hydrolysis) is 1. The Hall–Kier alpha value is -1.84. The lowest BCUT2D eigenvalue weighted by Crippen LogP contribution is -2.47. The van der Waals surface area contributed by atoms with Crippen molar-refractivity contribution in [2.45, 2.75) is 83.8 Å². The lowest BCUT2D eigenvalue weighted by Gasteiger charge is -2.40. The van der Waals surface area contributed by atoms with Gasteiger partial charge in [0, 0.05) is 6.42 Å². The highest BCUT2D eigenvalue weighted by Crippen LogP contribution is 2.42. The maximum atomic E-state index is 12.4. The van der Waals surface area contributed by atoms with E-state index in [9.17, 15) is 10.1 Å². The van der Waals surface area contributed by atoms with E-state index in [1.165, 1.54) is 0 Å². The fourth-order valence-electron chi connectivity index (χ4n) is 2.96. The molecule has 1 aromatic rings. The second-order valence-electron chi connectivity index (χ2n) is 9.77. The van der Waals surface area contributed by atoms with Crippen LogP contribution >= 0.6 is 0 Å². The zero-order valence-corrected chi connectivity index (χ0v) is 18.8. The molecule has 1 N–H and O–H groups in total. The van der Waals surface area contributed by atoms with Crippen LogP contribution in [0.3, 0.4) is 0 Å². The van der Waals surface area contributed by atoms with E-state index in [-0.39, 0.29) is 17.2 Å². The van der Waals surface area contributed by atoms with Crippen molar-refractivity contribution in [3.8, 4) is 6.07 Å². The summed E-state index contributed by atoms with van der Waals surface area (Å²) in [5, 5.41) is 12.3. The zero-order chi connectivity index (χ0) is 20.6. The number of nitrogens with zero attached hydrogens (tertiary/aromatic N) is 1. The van der Waals surface area contributed by atoms with Gasteiger partial charge in [-0.2, -0.15) is 5.26 Å². The van der Waals surface area contributed by atoms with Gasteiger partial charge in [-0.1, -0.05) is 26.8 Å². The van der Waals surface area contributed by atoms with E-state index in [0.29, 0.717) is 12.0 Å². The standard InChI is InChI=1S/C21H32N2O3Si/c1-20(2,3)25-19(24)23-18-16-10-9-14(13-22)11-15(16)12-17(18)26-27(7,8)21(4,5)6/h9-11,17-18H,12H2,1-8H3,(H,23,24)/t17?,18-/m0/s1. The molecule has 2 rings (SSSR count). The van der Waals surface area contributed by atoms with Crippen LogP contribution in [0.2, 0.25) is 18.1 Å². The predicted octanol–water partition coefficient (Wildman–Crippen LogP) is 5.07. The summed E-state index contributed by atoms with van der Waals surface area (Å²) in [4.78, 5) is 12.4. The molecule has 0 fully saturated rings. The first-order chi connectivity index (χ1) is 12.2. The maximum Gasteiger partial charge on any atom is 0.408 e. The Kier molecular flexibility index (Phi) is 5.79. The van der Waals surface area contributed by atoms with Crippen LogP contribution in [0.15, 0.2) is 18.2 Å². The van der Waals surface area contributed by atoms with E-state index in [4.69, 9.17) is 9.16 Å². The van der Waals surface area contributed by atoms with Gasteiger partial charge in [0.15, 0.2) is 8.32 Å². The quantitative estimate of drug-likeness (QED) is 0.734. The van der Waals surface area contributed by atoms with E-state index < -0.39 is 20.0 Å². The Morgan fingerprint density at radius 3 is 2.37 bits per heavy atom. The number of hydrogen-bond donors (Lipinski definition) is 1. The SMILES string of the molecule is CC(C)(C)OC(=O)N[C@H]1c2ccc(C#N)cc2CC1O[Si](C)(C)C(C)(C)C. The van der Waals surface area contributed by atoms with Crippen molar-refractivity contribution in [2.75, 3.05) is 0 Å². The molecule has 0 heterocycles. The number of hydrogen-bond acceptors (Lipinski definition) is 4. The highest BCUT2D eigenvalue weighted by Gasteiger charge is 2.44. The molecule has 1 aromatic carbocycles. The number of amides is 1. The minimum Gasteiger partial charge on any atom is -0.444 e. The Morgan fingerprint density at radius 2 is 1.85 bits per heavy atom. The minimum atomic E-state index is -2.03. The van der Waals surface area contributed by atoms with Gasteiger partial charge in [-0.05, 0) is 62.2 Å². The number of carbonyl (C=O) groups is 1. The number of carbonyl (C=O) groups excluding carboxylic acids is 1. The van der Waals surface area contributed by atoms with E-state index in [1.54, 1.807) is 6.07 Å². The van der Waals surface area contributed by atoms with E-state index in [1.807, 2.05) is 32.9 Å². The van der Waals surface area contributed by atoms with Crippen LogP contribution in [-0.2, 0) is 15.6 Å². The second-order valence-corrected chi connectivity index (χ2v) is 14.5. The van der Waals surface area contributed by atoms with Crippen molar-refractivity contribution in [3.63, 3.8) is 0 Å². The average molecular weight is 389 g/mol. The van der Waals surface area contributed by atoms with Gasteiger partial charge in [-0.15, -0.1) is 0 Å². The number of fused-ring (bicyclic) bond motifs is 1. The third-order valence-corrected chi connectivity index (χ3v) is 9.83. The third-order valence-electron chi connectivity index (χ3n) is 5.32. The molecule has 148 valence electrons. The van der Waals surface area contributed by atoms with Crippen molar-refractivity contribution in [2.24, 2.45) is 0 Å². The molecule has 1 aliphatic rings. The van der Waals surface area contributed by atoms with Gasteiger partial charge in [0.05, 0.1) is 23.8 Å². The highest BCUT2D eigenvalue weighted by atomic mass is 28.4. The number of ether oxygens (including phenoxy) is 1. The molecule has 2 atom stereocenters. The van der Waals surface area contributed by atoms with Crippen molar-refractivity contribution >= 4 is 14.4 Å². The summed E-state index contributed by atoms with van der Waals surface area (Å²) in [6.45, 7) is 16.6. The topological polar surface area (TPSA) is 71.3 Å². The number of rotatable bonds is 3. The molecule has 1 unspecified atom stereocenters. The van der Waals surface area contributed by atoms with Gasteiger partial charge in [0.25, 0.3) is 0 Å². The summed E-state index contributed by atoms with van der Waals surface area (Å²) >= 11 is 0. The summed E-state index contributed by atoms with van der Waals surface area (Å²) in [6, 6.07) is 7.51. The molecule has 27 heavy (non-hydrogen) atoms. The van der Waals surface area contributed by atoms with Crippen LogP contribution < -0.4 is 5.32 Å². The van der Waals surface area contributed by atoms with Crippen molar-refractivity contribution in [3.05, 3.63) is 34.9 Å². The lowest BCUT2D eigenvalue weighted by molar-refractivity contribution is 0.0446. The van der Waals surface area contributed by atoms with Crippen LogP contribution in [0, 0.1) is 11.3 Å². The van der Waals surface area contributed by atoms with Gasteiger partial charge in [0.2, 0.25) is 0 Å². The molecule has 6 heteroatoms. The molecule has 0 radical (unpaired) electrons. The maximum absolute atomic E-state index is 12.4. The normalized spacial score (nSPS) is 20.0. The summed E-state index contributed by atoms with van der Waals surface area (Å²) in [5.41, 5.74) is 2.12. The van der Waals surface area contributed by atoms with Gasteiger partial charge in [0.1, 0.15) is 5.60 Å². The fraction of sp³-hybridized carbons (Fsp3) is 0.619. The van der Waals surface area contributed by atoms with Gasteiger partial charge < -0.3 is 14.5 Å². The molecule has 0 aliphatic heterocycles. The second kappa shape index (κ2) is 7.29. The van der Waals surface area contributed by atoms with Crippen LogP contribution in [0.25, 0.3) is 0 Å². The lowest BCUT2D eigenvalue weighted by atomic mass is 10.1. The van der Waals surface area contributed by atoms with Gasteiger partial charge in [-0.3, -0.25) is 0 Å². The first-order valence-electron chi connectivity index (χ1n) is 9.44. The summed E-state index contributed by atoms with van der Waals surface area (Å²) in [6.07, 6.45) is 0.0635. The summed E-state index contributed by atoms with van der Waals surface area (Å²) in [5.74, 6) is 0. The molecule has 1 amide bonds. The van der Waals surface area contributed by atoms with Crippen molar-refractivity contribution in [1.29, 1.82) is 5.26 Å². The van der Waals surface area contributed by atoms with Crippen LogP contribution in [-0.4, -0.2) is 26.1 Å². The largest absolute Gasteiger partial charge is 0.444 e. The molecule has 1 aliphatic carbocycles. The summed E-state index contributed by atoms with van der Waals surface area (Å²) in [7, 11) is -2.03. The van der Waals surface area contributed by atoms with Crippen molar-refractivity contribution in [1.82, 2.24) is 5.32 Å². The molecule has 0 bridgehead atoms. The molecule has 5 nitrogen and oxygen atoms in total. The predicted molar refractivity (Wildman–Crippen MR) is 109 cm³/mol. The number of nitriles is 1. The molecule has 0 saturated heterocycles.